The predicted molar refractivity (Wildman–Crippen MR) is 58.4 cm³/mol. The minimum absolute atomic E-state index is 0.146. The van der Waals surface area contributed by atoms with Gasteiger partial charge in [0.05, 0.1) is 11.7 Å². The second-order valence-electron chi connectivity index (χ2n) is 3.86. The van der Waals surface area contributed by atoms with Gasteiger partial charge in [0.2, 0.25) is 0 Å². The Hall–Kier alpha value is -1.92. The normalized spacial score (nSPS) is 18.3. The highest BCUT2D eigenvalue weighted by Gasteiger charge is 2.38. The van der Waals surface area contributed by atoms with Gasteiger partial charge in [-0.2, -0.15) is 13.2 Å². The third kappa shape index (κ3) is 2.85. The Morgan fingerprint density at radius 1 is 1.44 bits per heavy atom. The molecule has 0 spiro atoms. The van der Waals surface area contributed by atoms with Crippen LogP contribution in [0.5, 0.6) is 5.75 Å². The van der Waals surface area contributed by atoms with Gasteiger partial charge in [-0.1, -0.05) is 12.1 Å². The number of rotatable bonds is 2. The van der Waals surface area contributed by atoms with Crippen molar-refractivity contribution in [2.75, 3.05) is 18.5 Å². The van der Waals surface area contributed by atoms with Gasteiger partial charge in [-0.15, -0.1) is 0 Å². The van der Waals surface area contributed by atoms with Crippen molar-refractivity contribution in [3.05, 3.63) is 24.3 Å². The maximum absolute atomic E-state index is 12.0. The number of carbonyl (C=O) groups excluding carboxylic acids is 1. The summed E-state index contributed by atoms with van der Waals surface area (Å²) >= 11 is 0. The number of fused-ring (bicyclic) bond motifs is 1. The molecule has 4 nitrogen and oxygen atoms in total. The van der Waals surface area contributed by atoms with Crippen molar-refractivity contribution in [1.29, 1.82) is 0 Å². The molecule has 7 heteroatoms. The van der Waals surface area contributed by atoms with E-state index < -0.39 is 12.1 Å². The maximum atomic E-state index is 12.0. The van der Waals surface area contributed by atoms with Gasteiger partial charge in [-0.3, -0.25) is 4.79 Å². The highest BCUT2D eigenvalue weighted by atomic mass is 19.4. The molecule has 1 unspecified atom stereocenters. The second-order valence-corrected chi connectivity index (χ2v) is 3.86. The summed E-state index contributed by atoms with van der Waals surface area (Å²) in [6.45, 7) is 0.0574. The van der Waals surface area contributed by atoms with Crippen molar-refractivity contribution in [3.8, 4) is 5.75 Å². The highest BCUT2D eigenvalue weighted by Crippen LogP contribution is 2.27. The summed E-state index contributed by atoms with van der Waals surface area (Å²) in [6, 6.07) is 6.71. The summed E-state index contributed by atoms with van der Waals surface area (Å²) < 4.78 is 41.3. The number of carbonyl (C=O) groups is 1. The molecule has 0 bridgehead atoms. The van der Waals surface area contributed by atoms with Crippen molar-refractivity contribution in [1.82, 2.24) is 5.32 Å². The van der Waals surface area contributed by atoms with Crippen LogP contribution in [0, 0.1) is 0 Å². The largest absolute Gasteiger partial charge is 0.489 e. The molecule has 98 valence electrons. The van der Waals surface area contributed by atoms with Gasteiger partial charge in [0, 0.05) is 6.54 Å². The maximum Gasteiger partial charge on any atom is 0.471 e. The Morgan fingerprint density at radius 3 is 2.89 bits per heavy atom. The lowest BCUT2D eigenvalue weighted by Gasteiger charge is -2.27. The number of amides is 1. The van der Waals surface area contributed by atoms with Crippen LogP contribution in [0.15, 0.2) is 24.3 Å². The molecule has 2 N–H and O–H groups in total. The molecule has 1 aliphatic heterocycles. The Morgan fingerprint density at radius 2 is 2.17 bits per heavy atom. The number of halogens is 3. The average molecular weight is 260 g/mol. The SMILES string of the molecule is O=C(NCC1COc2ccccc2N1)C(F)(F)F. The molecular formula is C11H11F3N2O2. The number of nitrogens with one attached hydrogen (secondary N) is 2. The van der Waals surface area contributed by atoms with Gasteiger partial charge in [0.1, 0.15) is 12.4 Å². The number of ether oxygens (including phenoxy) is 1. The number of anilines is 1. The van der Waals surface area contributed by atoms with E-state index in [1.807, 2.05) is 5.32 Å². The molecule has 1 amide bonds. The van der Waals surface area contributed by atoms with Crippen LogP contribution in [-0.2, 0) is 4.79 Å². The molecule has 18 heavy (non-hydrogen) atoms. The first-order valence-corrected chi connectivity index (χ1v) is 5.30. The fraction of sp³-hybridized carbons (Fsp3) is 0.364. The van der Waals surface area contributed by atoms with Crippen molar-refractivity contribution >= 4 is 11.6 Å². The van der Waals surface area contributed by atoms with Gasteiger partial charge in [-0.05, 0) is 12.1 Å². The number of benzene rings is 1. The highest BCUT2D eigenvalue weighted by molar-refractivity contribution is 5.81. The van der Waals surface area contributed by atoms with Crippen LogP contribution < -0.4 is 15.4 Å². The third-order valence-corrected chi connectivity index (χ3v) is 2.45. The zero-order valence-corrected chi connectivity index (χ0v) is 9.25. The lowest BCUT2D eigenvalue weighted by molar-refractivity contribution is -0.173. The molecule has 0 radical (unpaired) electrons. The van der Waals surface area contributed by atoms with Crippen LogP contribution in [0.4, 0.5) is 18.9 Å². The summed E-state index contributed by atoms with van der Waals surface area (Å²) in [7, 11) is 0. The molecular weight excluding hydrogens is 249 g/mol. The second kappa shape index (κ2) is 4.75. The van der Waals surface area contributed by atoms with Gasteiger partial charge in [0.25, 0.3) is 0 Å². The van der Waals surface area contributed by atoms with Crippen molar-refractivity contribution < 1.29 is 22.7 Å². The zero-order valence-electron chi connectivity index (χ0n) is 9.25. The Kier molecular flexibility index (Phi) is 3.31. The molecule has 1 heterocycles. The molecule has 0 saturated heterocycles. The van der Waals surface area contributed by atoms with Crippen LogP contribution in [0.1, 0.15) is 0 Å². The van der Waals surface area contributed by atoms with E-state index in [1.165, 1.54) is 0 Å². The number of hydrogen-bond donors (Lipinski definition) is 2. The molecule has 1 atom stereocenters. The van der Waals surface area contributed by atoms with E-state index in [4.69, 9.17) is 4.74 Å². The first-order valence-electron chi connectivity index (χ1n) is 5.30. The van der Waals surface area contributed by atoms with E-state index >= 15 is 0 Å². The van der Waals surface area contributed by atoms with Crippen LogP contribution in [0.25, 0.3) is 0 Å². The quantitative estimate of drug-likeness (QED) is 0.848. The first kappa shape index (κ1) is 12.5. The molecule has 1 aromatic rings. The van der Waals surface area contributed by atoms with Crippen molar-refractivity contribution in [2.24, 2.45) is 0 Å². The van der Waals surface area contributed by atoms with Gasteiger partial charge in [0.15, 0.2) is 0 Å². The van der Waals surface area contributed by atoms with Crippen LogP contribution >= 0.6 is 0 Å². The molecule has 0 aromatic heterocycles. The molecule has 0 saturated carbocycles. The standard InChI is InChI=1S/C11H11F3N2O2/c12-11(13,14)10(17)15-5-7-6-18-9-4-2-1-3-8(9)16-7/h1-4,7,16H,5-6H2,(H,15,17). The Balaban J connectivity index is 1.89. The summed E-state index contributed by atoms with van der Waals surface area (Å²) in [5.41, 5.74) is 0.704. The van der Waals surface area contributed by atoms with Gasteiger partial charge in [-0.25, -0.2) is 0 Å². The average Bonchev–Trinajstić information content (AvgIpc) is 2.34. The van der Waals surface area contributed by atoms with E-state index in [0.29, 0.717) is 11.4 Å². The number of alkyl halides is 3. The lowest BCUT2D eigenvalue weighted by atomic mass is 10.2. The van der Waals surface area contributed by atoms with Crippen LogP contribution in [0.3, 0.4) is 0 Å². The molecule has 2 rings (SSSR count). The number of para-hydroxylation sites is 2. The van der Waals surface area contributed by atoms with Crippen LogP contribution in [-0.4, -0.2) is 31.3 Å². The predicted octanol–water partition coefficient (Wildman–Crippen LogP) is 1.54. The summed E-state index contributed by atoms with van der Waals surface area (Å²) in [4.78, 5) is 10.6. The topological polar surface area (TPSA) is 50.4 Å². The first-order chi connectivity index (χ1) is 8.47. The molecule has 0 aliphatic carbocycles. The summed E-state index contributed by atoms with van der Waals surface area (Å²) in [5, 5.41) is 4.81. The van der Waals surface area contributed by atoms with Gasteiger partial charge < -0.3 is 15.4 Å². The Labute approximate surface area is 101 Å². The van der Waals surface area contributed by atoms with Crippen LogP contribution in [0.2, 0.25) is 0 Å². The minimum Gasteiger partial charge on any atom is -0.489 e. The fourth-order valence-corrected chi connectivity index (χ4v) is 1.59. The summed E-state index contributed by atoms with van der Waals surface area (Å²) in [5.74, 6) is -1.29. The minimum atomic E-state index is -4.85. The van der Waals surface area contributed by atoms with Gasteiger partial charge >= 0.3 is 12.1 Å². The van der Waals surface area contributed by atoms with E-state index in [-0.39, 0.29) is 19.2 Å². The molecule has 1 aromatic carbocycles. The summed E-state index contributed by atoms with van der Waals surface area (Å²) in [6.07, 6.45) is -4.85. The van der Waals surface area contributed by atoms with E-state index in [9.17, 15) is 18.0 Å². The van der Waals surface area contributed by atoms with E-state index in [1.54, 1.807) is 24.3 Å². The molecule has 1 aliphatic rings. The van der Waals surface area contributed by atoms with Crippen molar-refractivity contribution in [2.45, 2.75) is 12.2 Å². The van der Waals surface area contributed by atoms with E-state index in [0.717, 1.165) is 0 Å². The Bertz CT molecular complexity index is 448. The fourth-order valence-electron chi connectivity index (χ4n) is 1.59. The zero-order chi connectivity index (χ0) is 13.2. The van der Waals surface area contributed by atoms with Crippen molar-refractivity contribution in [3.63, 3.8) is 0 Å². The lowest BCUT2D eigenvalue weighted by Crippen LogP contribution is -2.46. The third-order valence-electron chi connectivity index (χ3n) is 2.45. The monoisotopic (exact) mass is 260 g/mol. The number of hydrogen-bond acceptors (Lipinski definition) is 3. The molecule has 0 fully saturated rings. The van der Waals surface area contributed by atoms with E-state index in [2.05, 4.69) is 5.32 Å². The smallest absolute Gasteiger partial charge is 0.471 e.